The molecule has 1 unspecified atom stereocenters. The van der Waals surface area contributed by atoms with Gasteiger partial charge in [0.05, 0.1) is 24.9 Å². The minimum Gasteiger partial charge on any atom is -0.496 e. The summed E-state index contributed by atoms with van der Waals surface area (Å²) in [5, 5.41) is 9.48. The molecule has 2 N–H and O–H groups in total. The number of halogens is 1. The van der Waals surface area contributed by atoms with Crippen molar-refractivity contribution < 1.29 is 14.3 Å². The number of nitrogens with zero attached hydrogens (tertiary/aromatic N) is 1. The number of rotatable bonds is 7. The maximum absolute atomic E-state index is 12.4. The van der Waals surface area contributed by atoms with E-state index in [1.807, 2.05) is 48.5 Å². The van der Waals surface area contributed by atoms with Gasteiger partial charge in [0.2, 0.25) is 0 Å². The Labute approximate surface area is 178 Å². The molecule has 150 valence electrons. The molecule has 0 heterocycles. The van der Waals surface area contributed by atoms with Crippen molar-refractivity contribution in [3.05, 3.63) is 64.6 Å². The molecule has 3 aromatic carbocycles. The fourth-order valence-corrected chi connectivity index (χ4v) is 3.42. The van der Waals surface area contributed by atoms with Crippen LogP contribution in [0.5, 0.6) is 11.5 Å². The predicted octanol–water partition coefficient (Wildman–Crippen LogP) is 4.57. The monoisotopic (exact) mass is 455 g/mol. The highest BCUT2D eigenvalue weighted by Gasteiger charge is 2.13. The number of hydrazone groups is 1. The highest BCUT2D eigenvalue weighted by atomic mass is 79.9. The molecule has 0 saturated carbocycles. The van der Waals surface area contributed by atoms with E-state index >= 15 is 0 Å². The Balaban J connectivity index is 1.68. The van der Waals surface area contributed by atoms with Gasteiger partial charge < -0.3 is 14.8 Å². The van der Waals surface area contributed by atoms with Crippen LogP contribution in [0.15, 0.2) is 64.2 Å². The van der Waals surface area contributed by atoms with Crippen molar-refractivity contribution in [1.29, 1.82) is 0 Å². The Hall–Kier alpha value is -3.06. The van der Waals surface area contributed by atoms with Crippen molar-refractivity contribution >= 4 is 44.5 Å². The smallest absolute Gasteiger partial charge is 0.262 e. The van der Waals surface area contributed by atoms with Gasteiger partial charge >= 0.3 is 0 Å². The number of carbonyl (C=O) groups is 1. The number of methoxy groups -OCH3 is 2. The summed E-state index contributed by atoms with van der Waals surface area (Å²) in [7, 11) is 3.15. The molecule has 1 atom stereocenters. The average molecular weight is 456 g/mol. The number of ether oxygens (including phenoxy) is 2. The summed E-state index contributed by atoms with van der Waals surface area (Å²) in [5.41, 5.74) is 4.17. The van der Waals surface area contributed by atoms with Crippen LogP contribution in [0.1, 0.15) is 12.5 Å². The van der Waals surface area contributed by atoms with E-state index in [-0.39, 0.29) is 5.91 Å². The average Bonchev–Trinajstić information content (AvgIpc) is 2.74. The Kier molecular flexibility index (Phi) is 6.72. The van der Waals surface area contributed by atoms with Crippen LogP contribution in [0.25, 0.3) is 10.8 Å². The van der Waals surface area contributed by atoms with Gasteiger partial charge in [-0.2, -0.15) is 5.10 Å². The van der Waals surface area contributed by atoms with Crippen molar-refractivity contribution in [1.82, 2.24) is 5.43 Å². The van der Waals surface area contributed by atoms with Crippen LogP contribution in [0.2, 0.25) is 0 Å². The Bertz CT molecular complexity index is 1050. The van der Waals surface area contributed by atoms with Crippen molar-refractivity contribution in [3.63, 3.8) is 0 Å². The molecule has 0 radical (unpaired) electrons. The normalized spacial score (nSPS) is 12.0. The number of amides is 1. The fourth-order valence-electron chi connectivity index (χ4n) is 2.90. The van der Waals surface area contributed by atoms with Gasteiger partial charge in [-0.1, -0.05) is 36.4 Å². The van der Waals surface area contributed by atoms with Crippen LogP contribution in [-0.4, -0.2) is 32.4 Å². The minimum atomic E-state index is -0.470. The van der Waals surface area contributed by atoms with E-state index < -0.39 is 6.04 Å². The molecule has 0 fully saturated rings. The molecule has 3 aromatic rings. The standard InChI is InChI=1S/C22H22BrN3O3/c1-14(25-19-10-6-8-15-7-4-5-9-17(15)19)22(27)26-24-13-16-11-18(23)21(29-3)12-20(16)28-2/h4-14,25H,1-3H3,(H,26,27)/b24-13+. The van der Waals surface area contributed by atoms with E-state index in [2.05, 4.69) is 31.8 Å². The Morgan fingerprint density at radius 3 is 2.55 bits per heavy atom. The summed E-state index contributed by atoms with van der Waals surface area (Å²) in [5.74, 6) is 0.988. The van der Waals surface area contributed by atoms with Gasteiger partial charge in [-0.3, -0.25) is 4.79 Å². The van der Waals surface area contributed by atoms with E-state index in [9.17, 15) is 4.79 Å². The minimum absolute atomic E-state index is 0.249. The van der Waals surface area contributed by atoms with Gasteiger partial charge in [-0.15, -0.1) is 0 Å². The highest BCUT2D eigenvalue weighted by molar-refractivity contribution is 9.10. The molecule has 0 aliphatic rings. The summed E-state index contributed by atoms with van der Waals surface area (Å²) >= 11 is 3.43. The number of benzene rings is 3. The number of hydrogen-bond acceptors (Lipinski definition) is 5. The zero-order valence-corrected chi connectivity index (χ0v) is 18.0. The third-order valence-corrected chi connectivity index (χ3v) is 5.06. The summed E-state index contributed by atoms with van der Waals surface area (Å²) in [6.45, 7) is 1.79. The molecule has 1 amide bonds. The van der Waals surface area contributed by atoms with Crippen molar-refractivity contribution in [2.24, 2.45) is 5.10 Å². The number of fused-ring (bicyclic) bond motifs is 1. The Morgan fingerprint density at radius 2 is 1.79 bits per heavy atom. The first-order valence-electron chi connectivity index (χ1n) is 9.02. The lowest BCUT2D eigenvalue weighted by molar-refractivity contribution is -0.121. The zero-order chi connectivity index (χ0) is 20.8. The second kappa shape index (κ2) is 9.43. The molecule has 3 rings (SSSR count). The third kappa shape index (κ3) is 4.86. The quantitative estimate of drug-likeness (QED) is 0.404. The van der Waals surface area contributed by atoms with Crippen molar-refractivity contribution in [3.8, 4) is 11.5 Å². The van der Waals surface area contributed by atoms with Crippen LogP contribution in [0.4, 0.5) is 5.69 Å². The molecule has 29 heavy (non-hydrogen) atoms. The van der Waals surface area contributed by atoms with Crippen molar-refractivity contribution in [2.75, 3.05) is 19.5 Å². The molecule has 0 aromatic heterocycles. The fraction of sp³-hybridized carbons (Fsp3) is 0.182. The van der Waals surface area contributed by atoms with Gasteiger partial charge in [-0.05, 0) is 40.4 Å². The zero-order valence-electron chi connectivity index (χ0n) is 16.4. The summed E-state index contributed by atoms with van der Waals surface area (Å²) in [4.78, 5) is 12.4. The number of nitrogens with one attached hydrogen (secondary N) is 2. The van der Waals surface area contributed by atoms with Crippen LogP contribution >= 0.6 is 15.9 Å². The molecular weight excluding hydrogens is 434 g/mol. The maximum Gasteiger partial charge on any atom is 0.262 e. The number of hydrogen-bond donors (Lipinski definition) is 2. The largest absolute Gasteiger partial charge is 0.496 e. The summed E-state index contributed by atoms with van der Waals surface area (Å²) in [6.07, 6.45) is 1.53. The van der Waals surface area contributed by atoms with E-state index in [4.69, 9.17) is 9.47 Å². The van der Waals surface area contributed by atoms with E-state index in [0.717, 1.165) is 20.9 Å². The lowest BCUT2D eigenvalue weighted by Crippen LogP contribution is -2.34. The molecule has 0 saturated heterocycles. The molecule has 0 aliphatic heterocycles. The molecule has 0 spiro atoms. The van der Waals surface area contributed by atoms with Crippen LogP contribution in [0.3, 0.4) is 0 Å². The molecular formula is C22H22BrN3O3. The topological polar surface area (TPSA) is 72.0 Å². The molecule has 0 bridgehead atoms. The van der Waals surface area contributed by atoms with Crippen LogP contribution < -0.4 is 20.2 Å². The first-order chi connectivity index (χ1) is 14.0. The molecule has 6 nitrogen and oxygen atoms in total. The highest BCUT2D eigenvalue weighted by Crippen LogP contribution is 2.32. The second-order valence-electron chi connectivity index (χ2n) is 6.36. The van der Waals surface area contributed by atoms with Crippen LogP contribution in [0, 0.1) is 0 Å². The lowest BCUT2D eigenvalue weighted by Gasteiger charge is -2.15. The first-order valence-corrected chi connectivity index (χ1v) is 9.81. The van der Waals surface area contributed by atoms with Gasteiger partial charge in [0.25, 0.3) is 5.91 Å². The Morgan fingerprint density at radius 1 is 1.07 bits per heavy atom. The van der Waals surface area contributed by atoms with Crippen LogP contribution in [-0.2, 0) is 4.79 Å². The SMILES string of the molecule is COc1cc(OC)c(/C=N/NC(=O)C(C)Nc2cccc3ccccc23)cc1Br. The van der Waals surface area contributed by atoms with E-state index in [1.54, 1.807) is 27.2 Å². The van der Waals surface area contributed by atoms with E-state index in [0.29, 0.717) is 17.1 Å². The van der Waals surface area contributed by atoms with Gasteiger partial charge in [0.1, 0.15) is 17.5 Å². The predicted molar refractivity (Wildman–Crippen MR) is 120 cm³/mol. The van der Waals surface area contributed by atoms with Gasteiger partial charge in [0.15, 0.2) is 0 Å². The summed E-state index contributed by atoms with van der Waals surface area (Å²) in [6, 6.07) is 17.1. The molecule has 0 aliphatic carbocycles. The number of anilines is 1. The van der Waals surface area contributed by atoms with Gasteiger partial charge in [0, 0.05) is 22.7 Å². The molecule has 7 heteroatoms. The lowest BCUT2D eigenvalue weighted by atomic mass is 10.1. The first kappa shape index (κ1) is 20.7. The number of carbonyl (C=O) groups excluding carboxylic acids is 1. The van der Waals surface area contributed by atoms with E-state index in [1.165, 1.54) is 6.21 Å². The van der Waals surface area contributed by atoms with Gasteiger partial charge in [-0.25, -0.2) is 5.43 Å². The van der Waals surface area contributed by atoms with Crippen molar-refractivity contribution in [2.45, 2.75) is 13.0 Å². The third-order valence-electron chi connectivity index (χ3n) is 4.44. The maximum atomic E-state index is 12.4. The second-order valence-corrected chi connectivity index (χ2v) is 7.21. The summed E-state index contributed by atoms with van der Waals surface area (Å²) < 4.78 is 11.4.